The van der Waals surface area contributed by atoms with Crippen LogP contribution < -0.4 is 0 Å². The topological polar surface area (TPSA) is 67.5 Å². The van der Waals surface area contributed by atoms with E-state index in [1.54, 1.807) is 6.07 Å². The second-order valence-corrected chi connectivity index (χ2v) is 5.21. The number of likely N-dealkylation sites (tertiary alicyclic amines) is 1. The SMILES string of the molecule is CC1(CO)CC(O)CN1Cc1cccc(C#N)c1. The van der Waals surface area contributed by atoms with Gasteiger partial charge in [0.1, 0.15) is 0 Å². The molecule has 0 saturated carbocycles. The monoisotopic (exact) mass is 246 g/mol. The number of rotatable bonds is 3. The van der Waals surface area contributed by atoms with E-state index in [-0.39, 0.29) is 18.2 Å². The molecule has 1 aromatic carbocycles. The van der Waals surface area contributed by atoms with Gasteiger partial charge in [0.05, 0.1) is 24.3 Å². The van der Waals surface area contributed by atoms with Crippen molar-refractivity contribution in [2.45, 2.75) is 31.5 Å². The van der Waals surface area contributed by atoms with Crippen LogP contribution in [0.3, 0.4) is 0 Å². The predicted octanol–water partition coefficient (Wildman–Crippen LogP) is 0.876. The van der Waals surface area contributed by atoms with Crippen LogP contribution in [0.1, 0.15) is 24.5 Å². The summed E-state index contributed by atoms with van der Waals surface area (Å²) in [6.07, 6.45) is 0.197. The van der Waals surface area contributed by atoms with Gasteiger partial charge in [0.2, 0.25) is 0 Å². The molecule has 1 saturated heterocycles. The first kappa shape index (κ1) is 13.0. The van der Waals surface area contributed by atoms with Crippen molar-refractivity contribution < 1.29 is 10.2 Å². The van der Waals surface area contributed by atoms with Crippen molar-refractivity contribution in [3.05, 3.63) is 35.4 Å². The van der Waals surface area contributed by atoms with Crippen molar-refractivity contribution in [1.82, 2.24) is 4.90 Å². The molecule has 0 radical (unpaired) electrons. The molecular weight excluding hydrogens is 228 g/mol. The molecule has 0 aliphatic carbocycles. The van der Waals surface area contributed by atoms with Crippen LogP contribution in [0.5, 0.6) is 0 Å². The lowest BCUT2D eigenvalue weighted by Gasteiger charge is -2.33. The molecule has 2 N–H and O–H groups in total. The van der Waals surface area contributed by atoms with E-state index in [1.165, 1.54) is 0 Å². The van der Waals surface area contributed by atoms with E-state index in [9.17, 15) is 10.2 Å². The number of nitriles is 1. The number of nitrogens with zero attached hydrogens (tertiary/aromatic N) is 2. The Labute approximate surface area is 107 Å². The molecule has 0 spiro atoms. The second kappa shape index (κ2) is 5.07. The molecule has 1 aliphatic heterocycles. The maximum absolute atomic E-state index is 9.74. The molecule has 18 heavy (non-hydrogen) atoms. The van der Waals surface area contributed by atoms with E-state index in [2.05, 4.69) is 11.0 Å². The summed E-state index contributed by atoms with van der Waals surface area (Å²) < 4.78 is 0. The average molecular weight is 246 g/mol. The Morgan fingerprint density at radius 3 is 3.00 bits per heavy atom. The average Bonchev–Trinajstić information content (AvgIpc) is 2.65. The van der Waals surface area contributed by atoms with Crippen LogP contribution in [0.25, 0.3) is 0 Å². The lowest BCUT2D eigenvalue weighted by Crippen LogP contribution is -2.43. The summed E-state index contributed by atoms with van der Waals surface area (Å²) in [7, 11) is 0. The number of aliphatic hydroxyl groups is 2. The maximum atomic E-state index is 9.74. The molecule has 2 rings (SSSR count). The Morgan fingerprint density at radius 2 is 2.33 bits per heavy atom. The minimum absolute atomic E-state index is 0.0298. The fraction of sp³-hybridized carbons (Fsp3) is 0.500. The zero-order valence-electron chi connectivity index (χ0n) is 10.5. The van der Waals surface area contributed by atoms with Gasteiger partial charge in [0.25, 0.3) is 0 Å². The van der Waals surface area contributed by atoms with Crippen molar-refractivity contribution in [2.75, 3.05) is 13.2 Å². The molecule has 1 heterocycles. The molecular formula is C14H18N2O2. The molecule has 2 atom stereocenters. The first-order valence-corrected chi connectivity index (χ1v) is 6.10. The van der Waals surface area contributed by atoms with Gasteiger partial charge in [-0.3, -0.25) is 4.90 Å². The largest absolute Gasteiger partial charge is 0.394 e. The molecule has 0 bridgehead atoms. The van der Waals surface area contributed by atoms with Crippen molar-refractivity contribution in [1.29, 1.82) is 5.26 Å². The second-order valence-electron chi connectivity index (χ2n) is 5.21. The van der Waals surface area contributed by atoms with Gasteiger partial charge >= 0.3 is 0 Å². The van der Waals surface area contributed by atoms with Gasteiger partial charge in [-0.2, -0.15) is 5.26 Å². The van der Waals surface area contributed by atoms with E-state index in [1.807, 2.05) is 25.1 Å². The summed E-state index contributed by atoms with van der Waals surface area (Å²) in [6, 6.07) is 9.56. The summed E-state index contributed by atoms with van der Waals surface area (Å²) in [5, 5.41) is 28.1. The first-order valence-electron chi connectivity index (χ1n) is 6.10. The van der Waals surface area contributed by atoms with Crippen molar-refractivity contribution in [3.8, 4) is 6.07 Å². The molecule has 1 aliphatic rings. The molecule has 1 aromatic rings. The molecule has 96 valence electrons. The Bertz CT molecular complexity index is 469. The van der Waals surface area contributed by atoms with Gasteiger partial charge < -0.3 is 10.2 Å². The standard InChI is InChI=1S/C14H18N2O2/c1-14(10-17)6-13(18)9-16(14)8-12-4-2-3-11(5-12)7-15/h2-5,13,17-18H,6,8-10H2,1H3. The number of aliphatic hydroxyl groups excluding tert-OH is 2. The molecule has 4 heteroatoms. The highest BCUT2D eigenvalue weighted by molar-refractivity contribution is 5.32. The molecule has 4 nitrogen and oxygen atoms in total. The maximum Gasteiger partial charge on any atom is 0.0991 e. The normalized spacial score (nSPS) is 28.2. The Balaban J connectivity index is 2.15. The summed E-state index contributed by atoms with van der Waals surface area (Å²) >= 11 is 0. The molecule has 0 amide bonds. The van der Waals surface area contributed by atoms with Crippen LogP contribution in [-0.2, 0) is 6.54 Å². The lowest BCUT2D eigenvalue weighted by atomic mass is 9.99. The number of β-amino-alcohol motifs (C(OH)–C–C–N with tert-alkyl or cyclic N) is 1. The molecule has 2 unspecified atom stereocenters. The number of benzene rings is 1. The third kappa shape index (κ3) is 2.54. The van der Waals surface area contributed by atoms with Gasteiger partial charge in [0.15, 0.2) is 0 Å². The number of hydrogen-bond acceptors (Lipinski definition) is 4. The van der Waals surface area contributed by atoms with Gasteiger partial charge in [-0.1, -0.05) is 12.1 Å². The molecule has 0 aromatic heterocycles. The fourth-order valence-corrected chi connectivity index (χ4v) is 2.56. The van der Waals surface area contributed by atoms with E-state index in [4.69, 9.17) is 5.26 Å². The Kier molecular flexibility index (Phi) is 3.67. The minimum atomic E-state index is -0.388. The van der Waals surface area contributed by atoms with Crippen molar-refractivity contribution >= 4 is 0 Å². The zero-order valence-corrected chi connectivity index (χ0v) is 10.5. The summed E-state index contributed by atoms with van der Waals surface area (Å²) in [5.41, 5.74) is 1.29. The highest BCUT2D eigenvalue weighted by Crippen LogP contribution is 2.30. The van der Waals surface area contributed by atoms with Gasteiger partial charge in [-0.15, -0.1) is 0 Å². The summed E-state index contributed by atoms with van der Waals surface area (Å²) in [5.74, 6) is 0. The first-order chi connectivity index (χ1) is 8.57. The van der Waals surface area contributed by atoms with E-state index in [0.29, 0.717) is 25.1 Å². The quantitative estimate of drug-likeness (QED) is 0.830. The van der Waals surface area contributed by atoms with Crippen LogP contribution in [0.4, 0.5) is 0 Å². The third-order valence-corrected chi connectivity index (χ3v) is 3.64. The fourth-order valence-electron chi connectivity index (χ4n) is 2.56. The van der Waals surface area contributed by atoms with Crippen molar-refractivity contribution in [2.24, 2.45) is 0 Å². The van der Waals surface area contributed by atoms with Crippen molar-refractivity contribution in [3.63, 3.8) is 0 Å². The smallest absolute Gasteiger partial charge is 0.0991 e. The van der Waals surface area contributed by atoms with E-state index >= 15 is 0 Å². The highest BCUT2D eigenvalue weighted by Gasteiger charge is 2.40. The summed E-state index contributed by atoms with van der Waals surface area (Å²) in [4.78, 5) is 2.08. The minimum Gasteiger partial charge on any atom is -0.394 e. The van der Waals surface area contributed by atoms with E-state index in [0.717, 1.165) is 5.56 Å². The van der Waals surface area contributed by atoms with Gasteiger partial charge in [-0.25, -0.2) is 0 Å². The Hall–Kier alpha value is -1.41. The number of hydrogen-bond donors (Lipinski definition) is 2. The van der Waals surface area contributed by atoms with Crippen LogP contribution in [0.2, 0.25) is 0 Å². The highest BCUT2D eigenvalue weighted by atomic mass is 16.3. The van der Waals surface area contributed by atoms with Gasteiger partial charge in [-0.05, 0) is 31.0 Å². The summed E-state index contributed by atoms with van der Waals surface area (Å²) in [6.45, 7) is 3.19. The molecule has 1 fully saturated rings. The van der Waals surface area contributed by atoms with Crippen LogP contribution in [0, 0.1) is 11.3 Å². The van der Waals surface area contributed by atoms with Gasteiger partial charge in [0, 0.05) is 18.6 Å². The Morgan fingerprint density at radius 1 is 1.56 bits per heavy atom. The van der Waals surface area contributed by atoms with E-state index < -0.39 is 0 Å². The predicted molar refractivity (Wildman–Crippen MR) is 67.7 cm³/mol. The van der Waals surface area contributed by atoms with Crippen LogP contribution in [0.15, 0.2) is 24.3 Å². The lowest BCUT2D eigenvalue weighted by molar-refractivity contribution is 0.0734. The van der Waals surface area contributed by atoms with Crippen LogP contribution >= 0.6 is 0 Å². The van der Waals surface area contributed by atoms with Crippen LogP contribution in [-0.4, -0.2) is 39.9 Å². The third-order valence-electron chi connectivity index (χ3n) is 3.64. The zero-order chi connectivity index (χ0) is 13.2.